The number of hydrogen-bond donors (Lipinski definition) is 3. The van der Waals surface area contributed by atoms with E-state index in [-0.39, 0.29) is 23.0 Å². The van der Waals surface area contributed by atoms with Gasteiger partial charge >= 0.3 is 0 Å². The third-order valence-corrected chi connectivity index (χ3v) is 4.41. The molecule has 0 aliphatic rings. The molecular weight excluding hydrogens is 370 g/mol. The molecule has 0 saturated heterocycles. The van der Waals surface area contributed by atoms with Gasteiger partial charge in [0.15, 0.2) is 0 Å². The minimum Gasteiger partial charge on any atom is -0.507 e. The Balaban J connectivity index is 1.97. The Morgan fingerprint density at radius 2 is 2.03 bits per heavy atom. The van der Waals surface area contributed by atoms with E-state index in [2.05, 4.69) is 20.5 Å². The maximum absolute atomic E-state index is 12.3. The van der Waals surface area contributed by atoms with Crippen molar-refractivity contribution in [2.45, 2.75) is 13.8 Å². The first-order valence-corrected chi connectivity index (χ1v) is 8.72. The molecule has 3 N–H and O–H groups in total. The maximum atomic E-state index is 12.3. The first kappa shape index (κ1) is 19.6. The SMILES string of the molecule is COc1cc(C)c(O)c(C=NNc2nc(-c3ccccc3)c(C#N)c(=O)[nH]2)c1C. The molecule has 0 aliphatic heterocycles. The molecule has 3 aromatic rings. The van der Waals surface area contributed by atoms with E-state index in [9.17, 15) is 15.2 Å². The topological polar surface area (TPSA) is 123 Å². The second-order valence-electron chi connectivity index (χ2n) is 6.27. The largest absolute Gasteiger partial charge is 0.507 e. The Bertz CT molecular complexity index is 1180. The van der Waals surface area contributed by atoms with E-state index in [1.807, 2.05) is 12.1 Å². The van der Waals surface area contributed by atoms with Crippen molar-refractivity contribution in [3.05, 3.63) is 69.0 Å². The molecule has 1 aromatic heterocycles. The lowest BCUT2D eigenvalue weighted by molar-refractivity contribution is 0.408. The Morgan fingerprint density at radius 1 is 1.31 bits per heavy atom. The quantitative estimate of drug-likeness (QED) is 0.455. The average molecular weight is 389 g/mol. The van der Waals surface area contributed by atoms with E-state index in [0.717, 1.165) is 0 Å². The number of anilines is 1. The normalized spacial score (nSPS) is 10.7. The molecule has 0 radical (unpaired) electrons. The van der Waals surface area contributed by atoms with Gasteiger partial charge in [-0.1, -0.05) is 30.3 Å². The molecule has 8 heteroatoms. The summed E-state index contributed by atoms with van der Waals surface area (Å²) in [5.74, 6) is 0.777. The predicted molar refractivity (Wildman–Crippen MR) is 110 cm³/mol. The summed E-state index contributed by atoms with van der Waals surface area (Å²) in [5, 5.41) is 23.7. The fourth-order valence-electron chi connectivity index (χ4n) is 2.86. The van der Waals surface area contributed by atoms with Gasteiger partial charge in [0.2, 0.25) is 5.95 Å². The first-order chi connectivity index (χ1) is 14.0. The number of aromatic nitrogens is 2. The third kappa shape index (κ3) is 3.94. The molecule has 2 aromatic carbocycles. The minimum atomic E-state index is -0.574. The van der Waals surface area contributed by atoms with Crippen LogP contribution in [0.4, 0.5) is 5.95 Å². The number of nitrogens with one attached hydrogen (secondary N) is 2. The van der Waals surface area contributed by atoms with Gasteiger partial charge in [0.05, 0.1) is 19.0 Å². The summed E-state index contributed by atoms with van der Waals surface area (Å²) in [6.45, 7) is 3.56. The van der Waals surface area contributed by atoms with Crippen LogP contribution in [0.5, 0.6) is 11.5 Å². The van der Waals surface area contributed by atoms with Crippen molar-refractivity contribution >= 4 is 12.2 Å². The zero-order chi connectivity index (χ0) is 21.0. The number of aryl methyl sites for hydroxylation is 1. The molecule has 0 spiro atoms. The van der Waals surface area contributed by atoms with Crippen molar-refractivity contribution in [2.24, 2.45) is 5.10 Å². The van der Waals surface area contributed by atoms with Gasteiger partial charge in [-0.05, 0) is 25.5 Å². The Morgan fingerprint density at radius 3 is 2.69 bits per heavy atom. The number of aromatic amines is 1. The summed E-state index contributed by atoms with van der Waals surface area (Å²) >= 11 is 0. The first-order valence-electron chi connectivity index (χ1n) is 8.72. The van der Waals surface area contributed by atoms with E-state index in [1.54, 1.807) is 51.3 Å². The highest BCUT2D eigenvalue weighted by molar-refractivity contribution is 5.87. The molecule has 146 valence electrons. The number of H-pyrrole nitrogens is 1. The molecule has 0 atom stereocenters. The zero-order valence-corrected chi connectivity index (χ0v) is 16.1. The number of methoxy groups -OCH3 is 1. The average Bonchev–Trinajstić information content (AvgIpc) is 2.73. The second kappa shape index (κ2) is 8.27. The molecular formula is C21H19N5O3. The molecule has 1 heterocycles. The molecule has 0 amide bonds. The summed E-state index contributed by atoms with van der Waals surface area (Å²) in [7, 11) is 1.55. The Labute approximate surface area is 167 Å². The van der Waals surface area contributed by atoms with Crippen LogP contribution in [0.25, 0.3) is 11.3 Å². The number of benzene rings is 2. The fraction of sp³-hybridized carbons (Fsp3) is 0.143. The highest BCUT2D eigenvalue weighted by atomic mass is 16.5. The van der Waals surface area contributed by atoms with Crippen molar-refractivity contribution in [2.75, 3.05) is 12.5 Å². The lowest BCUT2D eigenvalue weighted by Crippen LogP contribution is -2.16. The smallest absolute Gasteiger partial charge is 0.270 e. The van der Waals surface area contributed by atoms with Crippen LogP contribution in [0.3, 0.4) is 0 Å². The van der Waals surface area contributed by atoms with Gasteiger partial charge in [-0.25, -0.2) is 10.4 Å². The van der Waals surface area contributed by atoms with Crippen LogP contribution < -0.4 is 15.7 Å². The van der Waals surface area contributed by atoms with Crippen LogP contribution in [0.1, 0.15) is 22.3 Å². The predicted octanol–water partition coefficient (Wildman–Crippen LogP) is 3.09. The number of nitriles is 1. The third-order valence-electron chi connectivity index (χ3n) is 4.41. The number of nitrogens with zero attached hydrogens (tertiary/aromatic N) is 3. The molecule has 0 unspecified atom stereocenters. The molecule has 0 bridgehead atoms. The molecule has 0 fully saturated rings. The zero-order valence-electron chi connectivity index (χ0n) is 16.1. The molecule has 0 aliphatic carbocycles. The van der Waals surface area contributed by atoms with Gasteiger partial charge in [-0.2, -0.15) is 10.4 Å². The van der Waals surface area contributed by atoms with Crippen LogP contribution in [0.15, 0.2) is 46.3 Å². The fourth-order valence-corrected chi connectivity index (χ4v) is 2.86. The number of phenols is 1. The van der Waals surface area contributed by atoms with E-state index < -0.39 is 5.56 Å². The molecule has 8 nitrogen and oxygen atoms in total. The Hall–Kier alpha value is -4.12. The van der Waals surface area contributed by atoms with Gasteiger partial charge in [0.1, 0.15) is 23.1 Å². The summed E-state index contributed by atoms with van der Waals surface area (Å²) in [6, 6.07) is 12.6. The molecule has 3 rings (SSSR count). The maximum Gasteiger partial charge on any atom is 0.270 e. The van der Waals surface area contributed by atoms with Crippen LogP contribution >= 0.6 is 0 Å². The van der Waals surface area contributed by atoms with Crippen molar-refractivity contribution in [3.63, 3.8) is 0 Å². The lowest BCUT2D eigenvalue weighted by atomic mass is 10.0. The van der Waals surface area contributed by atoms with Crippen molar-refractivity contribution in [1.82, 2.24) is 9.97 Å². The van der Waals surface area contributed by atoms with Gasteiger partial charge in [-0.3, -0.25) is 9.78 Å². The van der Waals surface area contributed by atoms with Crippen LogP contribution in [-0.4, -0.2) is 28.4 Å². The van der Waals surface area contributed by atoms with Gasteiger partial charge in [-0.15, -0.1) is 0 Å². The minimum absolute atomic E-state index is 0.0702. The summed E-state index contributed by atoms with van der Waals surface area (Å²) in [4.78, 5) is 19.1. The van der Waals surface area contributed by atoms with E-state index in [4.69, 9.17) is 4.74 Å². The summed E-state index contributed by atoms with van der Waals surface area (Å²) in [6.07, 6.45) is 1.42. The van der Waals surface area contributed by atoms with Gasteiger partial charge < -0.3 is 9.84 Å². The molecule has 29 heavy (non-hydrogen) atoms. The number of phenolic OH excluding ortho intramolecular Hbond substituents is 1. The molecule has 0 saturated carbocycles. The monoisotopic (exact) mass is 389 g/mol. The van der Waals surface area contributed by atoms with Gasteiger partial charge in [0, 0.05) is 16.7 Å². The number of ether oxygens (including phenoxy) is 1. The van der Waals surface area contributed by atoms with Gasteiger partial charge in [0.25, 0.3) is 5.56 Å². The van der Waals surface area contributed by atoms with Crippen LogP contribution in [0.2, 0.25) is 0 Å². The Kier molecular flexibility index (Phi) is 5.60. The van der Waals surface area contributed by atoms with Crippen molar-refractivity contribution in [1.29, 1.82) is 5.26 Å². The van der Waals surface area contributed by atoms with Crippen molar-refractivity contribution < 1.29 is 9.84 Å². The van der Waals surface area contributed by atoms with Crippen LogP contribution in [-0.2, 0) is 0 Å². The number of rotatable bonds is 5. The lowest BCUT2D eigenvalue weighted by Gasteiger charge is -2.12. The second-order valence-corrected chi connectivity index (χ2v) is 6.27. The number of hydrazone groups is 1. The van der Waals surface area contributed by atoms with Crippen molar-refractivity contribution in [3.8, 4) is 28.8 Å². The highest BCUT2D eigenvalue weighted by Crippen LogP contribution is 2.31. The van der Waals surface area contributed by atoms with E-state index in [0.29, 0.717) is 28.0 Å². The van der Waals surface area contributed by atoms with E-state index in [1.165, 1.54) is 6.21 Å². The number of aromatic hydroxyl groups is 1. The van der Waals surface area contributed by atoms with Crippen LogP contribution in [0, 0.1) is 25.2 Å². The van der Waals surface area contributed by atoms with E-state index >= 15 is 0 Å². The number of hydrogen-bond acceptors (Lipinski definition) is 7. The standard InChI is InChI=1S/C21H19N5O3/c1-12-9-17(29-3)13(2)16(19(12)27)11-23-26-21-24-18(14-7-5-4-6-8-14)15(10-22)20(28)25-21/h4-9,11,27H,1-3H3,(H2,24,25,26,28). The summed E-state index contributed by atoms with van der Waals surface area (Å²) in [5.41, 5.74) is 4.73. The summed E-state index contributed by atoms with van der Waals surface area (Å²) < 4.78 is 5.31. The highest BCUT2D eigenvalue weighted by Gasteiger charge is 2.14.